The first-order chi connectivity index (χ1) is 6.70. The van der Waals surface area contributed by atoms with E-state index in [1.165, 1.54) is 4.90 Å². The summed E-state index contributed by atoms with van der Waals surface area (Å²) in [5.74, 6) is -0.307. The van der Waals surface area contributed by atoms with Crippen LogP contribution in [-0.4, -0.2) is 19.0 Å². The highest BCUT2D eigenvalue weighted by molar-refractivity contribution is 6.07. The normalized spacial score (nSPS) is 15.4. The second-order valence-electron chi connectivity index (χ2n) is 2.96. The molecule has 72 valence electrons. The lowest BCUT2D eigenvalue weighted by Crippen LogP contribution is -2.44. The van der Waals surface area contributed by atoms with E-state index in [9.17, 15) is 9.59 Å². The number of hydrogen-bond acceptors (Lipinski definition) is 2. The minimum atomic E-state index is -0.358. The summed E-state index contributed by atoms with van der Waals surface area (Å²) in [6.07, 6.45) is 0. The number of hydrazine groups is 1. The first-order valence-corrected chi connectivity index (χ1v) is 4.13. The van der Waals surface area contributed by atoms with Crippen molar-refractivity contribution in [2.45, 2.75) is 0 Å². The van der Waals surface area contributed by atoms with E-state index in [4.69, 9.17) is 0 Å². The summed E-state index contributed by atoms with van der Waals surface area (Å²) in [5, 5.41) is 0. The van der Waals surface area contributed by atoms with Crippen LogP contribution in [0.15, 0.2) is 24.3 Å². The number of anilines is 1. The van der Waals surface area contributed by atoms with E-state index in [1.54, 1.807) is 31.3 Å². The van der Waals surface area contributed by atoms with Crippen LogP contribution in [0, 0.1) is 0 Å². The number of benzene rings is 1. The average Bonchev–Trinajstić information content (AvgIpc) is 2.33. The summed E-state index contributed by atoms with van der Waals surface area (Å²) in [7, 11) is 1.61. The molecule has 3 amide bonds. The molecular weight excluding hydrogens is 182 g/mol. The SMILES string of the molecule is CN1C(=O)NNC(=O)c2ccccc21. The Morgan fingerprint density at radius 3 is 2.64 bits per heavy atom. The van der Waals surface area contributed by atoms with Gasteiger partial charge in [0.2, 0.25) is 0 Å². The van der Waals surface area contributed by atoms with Crippen LogP contribution in [-0.2, 0) is 0 Å². The third-order valence-corrected chi connectivity index (χ3v) is 2.10. The van der Waals surface area contributed by atoms with Gasteiger partial charge in [0.15, 0.2) is 0 Å². The quantitative estimate of drug-likeness (QED) is 0.627. The molecule has 1 aliphatic rings. The van der Waals surface area contributed by atoms with Crippen molar-refractivity contribution >= 4 is 17.6 Å². The fourth-order valence-electron chi connectivity index (χ4n) is 1.33. The maximum atomic E-state index is 11.4. The van der Waals surface area contributed by atoms with Crippen molar-refractivity contribution in [2.24, 2.45) is 0 Å². The first kappa shape index (κ1) is 8.55. The number of nitrogens with one attached hydrogen (secondary N) is 2. The average molecular weight is 191 g/mol. The number of amides is 3. The fourth-order valence-corrected chi connectivity index (χ4v) is 1.33. The number of hydrogen-bond donors (Lipinski definition) is 2. The molecule has 0 radical (unpaired) electrons. The molecule has 0 bridgehead atoms. The second kappa shape index (κ2) is 3.02. The number of carbonyl (C=O) groups is 2. The van der Waals surface area contributed by atoms with Gasteiger partial charge in [-0.05, 0) is 12.1 Å². The molecule has 0 unspecified atom stereocenters. The molecule has 1 aromatic rings. The number of carbonyl (C=O) groups excluding carboxylic acids is 2. The lowest BCUT2D eigenvalue weighted by Gasteiger charge is -2.14. The standard InChI is InChI=1S/C9H9N3O2/c1-12-7-5-3-2-4-6(7)8(13)10-11-9(12)14/h2-5H,1H3,(H,10,13)(H,11,14). The zero-order valence-corrected chi connectivity index (χ0v) is 7.57. The molecule has 2 rings (SSSR count). The van der Waals surface area contributed by atoms with Gasteiger partial charge in [-0.25, -0.2) is 10.2 Å². The highest BCUT2D eigenvalue weighted by Gasteiger charge is 2.22. The minimum Gasteiger partial charge on any atom is -0.295 e. The Kier molecular flexibility index (Phi) is 1.85. The minimum absolute atomic E-state index is 0.307. The third-order valence-electron chi connectivity index (χ3n) is 2.10. The predicted molar refractivity (Wildman–Crippen MR) is 50.8 cm³/mol. The van der Waals surface area contributed by atoms with Crippen molar-refractivity contribution in [2.75, 3.05) is 11.9 Å². The number of para-hydroxylation sites is 1. The van der Waals surface area contributed by atoms with E-state index in [2.05, 4.69) is 10.9 Å². The molecule has 0 aromatic heterocycles. The Bertz CT molecular complexity index is 403. The Morgan fingerprint density at radius 1 is 1.14 bits per heavy atom. The van der Waals surface area contributed by atoms with Gasteiger partial charge in [-0.15, -0.1) is 0 Å². The molecule has 5 heteroatoms. The van der Waals surface area contributed by atoms with Crippen molar-refractivity contribution in [1.82, 2.24) is 10.9 Å². The molecule has 0 fully saturated rings. The largest absolute Gasteiger partial charge is 0.340 e. The molecular formula is C9H9N3O2. The molecule has 14 heavy (non-hydrogen) atoms. The van der Waals surface area contributed by atoms with E-state index in [1.807, 2.05) is 0 Å². The van der Waals surface area contributed by atoms with Gasteiger partial charge < -0.3 is 0 Å². The van der Waals surface area contributed by atoms with Gasteiger partial charge >= 0.3 is 6.03 Å². The lowest BCUT2D eigenvalue weighted by molar-refractivity contribution is 0.0941. The van der Waals surface area contributed by atoms with Gasteiger partial charge in [-0.2, -0.15) is 0 Å². The summed E-state index contributed by atoms with van der Waals surface area (Å²) >= 11 is 0. The number of rotatable bonds is 0. The van der Waals surface area contributed by atoms with Gasteiger partial charge in [-0.3, -0.25) is 15.1 Å². The Hall–Kier alpha value is -2.04. The highest BCUT2D eigenvalue weighted by Crippen LogP contribution is 2.20. The first-order valence-electron chi connectivity index (χ1n) is 4.13. The molecule has 1 aromatic carbocycles. The number of urea groups is 1. The number of fused-ring (bicyclic) bond motifs is 1. The summed E-state index contributed by atoms with van der Waals surface area (Å²) in [5.41, 5.74) is 5.66. The van der Waals surface area contributed by atoms with Crippen LogP contribution in [0.25, 0.3) is 0 Å². The van der Waals surface area contributed by atoms with Gasteiger partial charge in [0.05, 0.1) is 11.3 Å². The molecule has 5 nitrogen and oxygen atoms in total. The predicted octanol–water partition coefficient (Wildman–Crippen LogP) is 0.491. The second-order valence-corrected chi connectivity index (χ2v) is 2.96. The Balaban J connectivity index is 2.57. The molecule has 1 heterocycles. The van der Waals surface area contributed by atoms with Gasteiger partial charge in [0.1, 0.15) is 0 Å². The van der Waals surface area contributed by atoms with Crippen molar-refractivity contribution < 1.29 is 9.59 Å². The van der Waals surface area contributed by atoms with E-state index in [-0.39, 0.29) is 11.9 Å². The van der Waals surface area contributed by atoms with E-state index in [0.29, 0.717) is 11.3 Å². The maximum absolute atomic E-state index is 11.4. The van der Waals surface area contributed by atoms with Crippen molar-refractivity contribution in [3.05, 3.63) is 29.8 Å². The molecule has 0 atom stereocenters. The number of nitrogens with zero attached hydrogens (tertiary/aromatic N) is 1. The van der Waals surface area contributed by atoms with Crippen LogP contribution in [0.2, 0.25) is 0 Å². The highest BCUT2D eigenvalue weighted by atomic mass is 16.2. The zero-order valence-electron chi connectivity index (χ0n) is 7.57. The molecule has 0 saturated carbocycles. The van der Waals surface area contributed by atoms with Gasteiger partial charge in [-0.1, -0.05) is 12.1 Å². The summed E-state index contributed by atoms with van der Waals surface area (Å²) in [6, 6.07) is 6.56. The van der Waals surface area contributed by atoms with Crippen LogP contribution in [0.3, 0.4) is 0 Å². The van der Waals surface area contributed by atoms with Crippen LogP contribution in [0.1, 0.15) is 10.4 Å². The summed E-state index contributed by atoms with van der Waals surface area (Å²) < 4.78 is 0. The van der Waals surface area contributed by atoms with Crippen molar-refractivity contribution in [1.29, 1.82) is 0 Å². The smallest absolute Gasteiger partial charge is 0.295 e. The maximum Gasteiger partial charge on any atom is 0.340 e. The van der Waals surface area contributed by atoms with Crippen LogP contribution < -0.4 is 15.8 Å². The summed E-state index contributed by atoms with van der Waals surface area (Å²) in [4.78, 5) is 24.1. The molecule has 0 saturated heterocycles. The van der Waals surface area contributed by atoms with Crippen LogP contribution in [0.5, 0.6) is 0 Å². The zero-order chi connectivity index (χ0) is 10.1. The Labute approximate surface area is 80.7 Å². The van der Waals surface area contributed by atoms with Crippen molar-refractivity contribution in [3.8, 4) is 0 Å². The fraction of sp³-hybridized carbons (Fsp3) is 0.111. The Morgan fingerprint density at radius 2 is 1.86 bits per heavy atom. The monoisotopic (exact) mass is 191 g/mol. The van der Waals surface area contributed by atoms with E-state index in [0.717, 1.165) is 0 Å². The molecule has 2 N–H and O–H groups in total. The van der Waals surface area contributed by atoms with Gasteiger partial charge in [0.25, 0.3) is 5.91 Å². The topological polar surface area (TPSA) is 61.4 Å². The van der Waals surface area contributed by atoms with Crippen molar-refractivity contribution in [3.63, 3.8) is 0 Å². The molecule has 0 aliphatic carbocycles. The van der Waals surface area contributed by atoms with Crippen LogP contribution >= 0.6 is 0 Å². The summed E-state index contributed by atoms with van der Waals surface area (Å²) in [6.45, 7) is 0. The third kappa shape index (κ3) is 1.19. The van der Waals surface area contributed by atoms with E-state index < -0.39 is 0 Å². The van der Waals surface area contributed by atoms with Gasteiger partial charge in [0, 0.05) is 7.05 Å². The van der Waals surface area contributed by atoms with E-state index >= 15 is 0 Å². The lowest BCUT2D eigenvalue weighted by atomic mass is 10.1. The molecule has 0 spiro atoms. The van der Waals surface area contributed by atoms with Crippen LogP contribution in [0.4, 0.5) is 10.5 Å². The molecule has 1 aliphatic heterocycles.